The van der Waals surface area contributed by atoms with Gasteiger partial charge in [-0.25, -0.2) is 9.97 Å². The summed E-state index contributed by atoms with van der Waals surface area (Å²) >= 11 is 0. The second-order valence-electron chi connectivity index (χ2n) is 3.47. The molecule has 1 atom stereocenters. The molecule has 1 heterocycles. The monoisotopic (exact) mass is 219 g/mol. The maximum atomic E-state index is 9.16. The zero-order chi connectivity index (χ0) is 11.4. The summed E-state index contributed by atoms with van der Waals surface area (Å²) in [6.45, 7) is -0.0462. The molecule has 1 unspecified atom stereocenters. The van der Waals surface area contributed by atoms with Gasteiger partial charge in [0.15, 0.2) is 0 Å². The van der Waals surface area contributed by atoms with Gasteiger partial charge >= 0.3 is 0 Å². The van der Waals surface area contributed by atoms with Crippen LogP contribution in [0.25, 0.3) is 10.9 Å². The largest absolute Gasteiger partial charge is 0.394 e. The van der Waals surface area contributed by atoms with Gasteiger partial charge in [0, 0.05) is 18.1 Å². The number of rotatable bonds is 4. The molecule has 1 aromatic carbocycles. The fraction of sp³-hybridized carbons (Fsp3) is 0.273. The van der Waals surface area contributed by atoms with Gasteiger partial charge in [-0.05, 0) is 6.07 Å². The van der Waals surface area contributed by atoms with Crippen LogP contribution in [0.4, 0.5) is 5.95 Å². The molecule has 84 valence electrons. The first-order chi connectivity index (χ1) is 7.79. The third-order valence-corrected chi connectivity index (χ3v) is 2.20. The molecule has 0 fully saturated rings. The van der Waals surface area contributed by atoms with E-state index < -0.39 is 6.10 Å². The van der Waals surface area contributed by atoms with Crippen LogP contribution in [-0.2, 0) is 0 Å². The molecule has 0 saturated heterocycles. The first-order valence-corrected chi connectivity index (χ1v) is 5.04. The van der Waals surface area contributed by atoms with Crippen LogP contribution in [-0.4, -0.2) is 39.4 Å². The second-order valence-corrected chi connectivity index (χ2v) is 3.47. The van der Waals surface area contributed by atoms with E-state index in [1.807, 2.05) is 24.3 Å². The first-order valence-electron chi connectivity index (χ1n) is 5.04. The normalized spacial score (nSPS) is 12.6. The Morgan fingerprint density at radius 3 is 2.94 bits per heavy atom. The number of fused-ring (bicyclic) bond motifs is 1. The Labute approximate surface area is 92.8 Å². The van der Waals surface area contributed by atoms with Crippen molar-refractivity contribution in [2.75, 3.05) is 18.5 Å². The van der Waals surface area contributed by atoms with Crippen molar-refractivity contribution in [3.05, 3.63) is 30.5 Å². The number of para-hydroxylation sites is 1. The van der Waals surface area contributed by atoms with Crippen LogP contribution in [0, 0.1) is 0 Å². The van der Waals surface area contributed by atoms with Crippen LogP contribution in [0.5, 0.6) is 0 Å². The number of benzene rings is 1. The number of hydrogen-bond acceptors (Lipinski definition) is 5. The predicted octanol–water partition coefficient (Wildman–Crippen LogP) is 0.395. The van der Waals surface area contributed by atoms with E-state index in [2.05, 4.69) is 15.3 Å². The average Bonchev–Trinajstić information content (AvgIpc) is 2.35. The number of aromatic nitrogens is 2. The fourth-order valence-corrected chi connectivity index (χ4v) is 1.33. The third-order valence-electron chi connectivity index (χ3n) is 2.20. The minimum atomic E-state index is -0.796. The number of hydrogen-bond donors (Lipinski definition) is 3. The molecule has 16 heavy (non-hydrogen) atoms. The maximum absolute atomic E-state index is 9.16. The highest BCUT2D eigenvalue weighted by Crippen LogP contribution is 2.11. The summed E-state index contributed by atoms with van der Waals surface area (Å²) in [5.41, 5.74) is 0.846. The predicted molar refractivity (Wildman–Crippen MR) is 61.1 cm³/mol. The lowest BCUT2D eigenvalue weighted by molar-refractivity contribution is 0.105. The number of aliphatic hydroxyl groups is 2. The summed E-state index contributed by atoms with van der Waals surface area (Å²) in [4.78, 5) is 8.36. The minimum absolute atomic E-state index is 0.231. The van der Waals surface area contributed by atoms with Crippen molar-refractivity contribution < 1.29 is 10.2 Å². The van der Waals surface area contributed by atoms with Crippen molar-refractivity contribution in [3.8, 4) is 0 Å². The van der Waals surface area contributed by atoms with E-state index in [9.17, 15) is 0 Å². The van der Waals surface area contributed by atoms with Crippen molar-refractivity contribution in [1.29, 1.82) is 0 Å². The van der Waals surface area contributed by atoms with Gasteiger partial charge in [0.2, 0.25) is 5.95 Å². The molecule has 0 saturated carbocycles. The van der Waals surface area contributed by atoms with Crippen LogP contribution >= 0.6 is 0 Å². The van der Waals surface area contributed by atoms with E-state index in [0.717, 1.165) is 10.9 Å². The molecule has 0 spiro atoms. The highest BCUT2D eigenvalue weighted by Gasteiger charge is 2.03. The van der Waals surface area contributed by atoms with Gasteiger partial charge in [-0.2, -0.15) is 0 Å². The Balaban J connectivity index is 2.13. The Morgan fingerprint density at radius 1 is 1.31 bits per heavy atom. The number of aliphatic hydroxyl groups excluding tert-OH is 2. The molecule has 5 nitrogen and oxygen atoms in total. The van der Waals surface area contributed by atoms with Gasteiger partial charge in [0.25, 0.3) is 0 Å². The van der Waals surface area contributed by atoms with Crippen LogP contribution in [0.1, 0.15) is 0 Å². The average molecular weight is 219 g/mol. The third kappa shape index (κ3) is 2.44. The van der Waals surface area contributed by atoms with E-state index in [4.69, 9.17) is 10.2 Å². The minimum Gasteiger partial charge on any atom is -0.394 e. The quantitative estimate of drug-likeness (QED) is 0.693. The van der Waals surface area contributed by atoms with E-state index in [-0.39, 0.29) is 13.2 Å². The second kappa shape index (κ2) is 4.87. The molecule has 0 aliphatic carbocycles. The highest BCUT2D eigenvalue weighted by atomic mass is 16.3. The molecule has 3 N–H and O–H groups in total. The highest BCUT2D eigenvalue weighted by molar-refractivity contribution is 5.78. The summed E-state index contributed by atoms with van der Waals surface area (Å²) in [5, 5.41) is 21.6. The summed E-state index contributed by atoms with van der Waals surface area (Å²) in [6.07, 6.45) is 0.922. The van der Waals surface area contributed by atoms with Gasteiger partial charge in [0.05, 0.1) is 18.2 Å². The van der Waals surface area contributed by atoms with Gasteiger partial charge in [0.1, 0.15) is 0 Å². The molecule has 2 rings (SSSR count). The van der Waals surface area contributed by atoms with Gasteiger partial charge in [-0.3, -0.25) is 0 Å². The van der Waals surface area contributed by atoms with Crippen LogP contribution in [0.3, 0.4) is 0 Å². The van der Waals surface area contributed by atoms with Crippen LogP contribution in [0.15, 0.2) is 30.5 Å². The zero-order valence-corrected chi connectivity index (χ0v) is 8.67. The lowest BCUT2D eigenvalue weighted by atomic mass is 10.2. The Kier molecular flexibility index (Phi) is 3.28. The molecule has 0 amide bonds. The van der Waals surface area contributed by atoms with E-state index in [1.54, 1.807) is 6.20 Å². The van der Waals surface area contributed by atoms with Crippen molar-refractivity contribution in [2.24, 2.45) is 0 Å². The van der Waals surface area contributed by atoms with E-state index >= 15 is 0 Å². The Hall–Kier alpha value is -1.72. The Bertz CT molecular complexity index is 475. The molecule has 0 bridgehead atoms. The van der Waals surface area contributed by atoms with Crippen molar-refractivity contribution >= 4 is 16.9 Å². The summed E-state index contributed by atoms with van der Waals surface area (Å²) in [5.74, 6) is 0.450. The lowest BCUT2D eigenvalue weighted by Crippen LogP contribution is -2.23. The number of nitrogens with one attached hydrogen (secondary N) is 1. The zero-order valence-electron chi connectivity index (χ0n) is 8.67. The molecule has 0 aliphatic rings. The molecule has 0 radical (unpaired) electrons. The van der Waals surface area contributed by atoms with Crippen molar-refractivity contribution in [3.63, 3.8) is 0 Å². The van der Waals surface area contributed by atoms with Gasteiger partial charge in [-0.15, -0.1) is 0 Å². The molecular weight excluding hydrogens is 206 g/mol. The standard InChI is InChI=1S/C11H13N3O2/c15-7-9(16)6-13-11-12-5-8-3-1-2-4-10(8)14-11/h1-5,9,15-16H,6-7H2,(H,12,13,14). The first kappa shape index (κ1) is 10.8. The molecular formula is C11H13N3O2. The van der Waals surface area contributed by atoms with Crippen molar-refractivity contribution in [2.45, 2.75) is 6.10 Å². The van der Waals surface area contributed by atoms with E-state index in [1.165, 1.54) is 0 Å². The number of nitrogens with zero attached hydrogens (tertiary/aromatic N) is 2. The molecule has 0 aliphatic heterocycles. The van der Waals surface area contributed by atoms with Crippen LogP contribution < -0.4 is 5.32 Å². The SMILES string of the molecule is OCC(O)CNc1ncc2ccccc2n1. The summed E-state index contributed by atoms with van der Waals surface area (Å²) in [7, 11) is 0. The lowest BCUT2D eigenvalue weighted by Gasteiger charge is -2.08. The fourth-order valence-electron chi connectivity index (χ4n) is 1.33. The summed E-state index contributed by atoms with van der Waals surface area (Å²) in [6, 6.07) is 7.66. The van der Waals surface area contributed by atoms with Crippen molar-refractivity contribution in [1.82, 2.24) is 9.97 Å². The molecule has 2 aromatic rings. The smallest absolute Gasteiger partial charge is 0.223 e. The number of anilines is 1. The topological polar surface area (TPSA) is 78.3 Å². The van der Waals surface area contributed by atoms with Gasteiger partial charge < -0.3 is 15.5 Å². The van der Waals surface area contributed by atoms with Gasteiger partial charge in [-0.1, -0.05) is 18.2 Å². The summed E-state index contributed by atoms with van der Waals surface area (Å²) < 4.78 is 0. The molecule has 5 heteroatoms. The van der Waals surface area contributed by atoms with E-state index in [0.29, 0.717) is 5.95 Å². The maximum Gasteiger partial charge on any atom is 0.223 e. The Morgan fingerprint density at radius 2 is 2.12 bits per heavy atom. The molecule has 1 aromatic heterocycles. The van der Waals surface area contributed by atoms with Crippen LogP contribution in [0.2, 0.25) is 0 Å².